The van der Waals surface area contributed by atoms with Crippen molar-refractivity contribution >= 4 is 13.4 Å². The molecule has 0 fully saturated rings. The molecular formula is C9H13O4P-2. The molecule has 0 aliphatic heterocycles. The third-order valence-electron chi connectivity index (χ3n) is 1.61. The van der Waals surface area contributed by atoms with Crippen LogP contribution in [0.4, 0.5) is 0 Å². The molecule has 0 aliphatic carbocycles. The van der Waals surface area contributed by atoms with E-state index in [0.29, 0.717) is 12.8 Å². The Morgan fingerprint density at radius 1 is 1.43 bits per heavy atom. The third-order valence-corrected chi connectivity index (χ3v) is 2.31. The van der Waals surface area contributed by atoms with Crippen LogP contribution in [-0.2, 0) is 9.36 Å². The smallest absolute Gasteiger partial charge is 0.141 e. The van der Waals surface area contributed by atoms with Gasteiger partial charge in [0.1, 0.15) is 5.78 Å². The van der Waals surface area contributed by atoms with Crippen LogP contribution in [0, 0.1) is 17.8 Å². The highest BCUT2D eigenvalue weighted by molar-refractivity contribution is 7.49. The molecule has 1 unspecified atom stereocenters. The minimum Gasteiger partial charge on any atom is -0.810 e. The number of carbonyl (C=O) groups is 1. The summed E-state index contributed by atoms with van der Waals surface area (Å²) < 4.78 is 10.3. The van der Waals surface area contributed by atoms with E-state index in [1.165, 1.54) is 0 Å². The summed E-state index contributed by atoms with van der Waals surface area (Å²) in [6.07, 6.45) is 0.108. The minimum absolute atomic E-state index is 0.312. The molecule has 0 saturated carbocycles. The Morgan fingerprint density at radius 3 is 2.43 bits per heavy atom. The van der Waals surface area contributed by atoms with Crippen molar-refractivity contribution in [1.82, 2.24) is 0 Å². The van der Waals surface area contributed by atoms with Gasteiger partial charge in [-0.15, -0.1) is 11.8 Å². The van der Waals surface area contributed by atoms with Crippen LogP contribution in [-0.4, -0.2) is 11.9 Å². The van der Waals surface area contributed by atoms with Crippen LogP contribution in [0.2, 0.25) is 0 Å². The second-order valence-electron chi connectivity index (χ2n) is 3.05. The molecule has 0 bridgehead atoms. The van der Waals surface area contributed by atoms with Crippen molar-refractivity contribution < 1.29 is 19.1 Å². The van der Waals surface area contributed by atoms with Gasteiger partial charge in [-0.1, -0.05) is 21.4 Å². The maximum atomic E-state index is 11.1. The number of hydrogen-bond donors (Lipinski definition) is 0. The molecule has 0 amide bonds. The summed E-state index contributed by atoms with van der Waals surface area (Å²) in [7, 11) is -4.71. The molecule has 4 nitrogen and oxygen atoms in total. The zero-order valence-electron chi connectivity index (χ0n) is 8.28. The van der Waals surface area contributed by atoms with Crippen molar-refractivity contribution in [1.29, 1.82) is 0 Å². The molecule has 0 rings (SSSR count). The summed E-state index contributed by atoms with van der Waals surface area (Å²) in [5.74, 6) is 4.47. The Hall–Kier alpha value is -0.620. The normalized spacial score (nSPS) is 12.9. The quantitative estimate of drug-likeness (QED) is 0.485. The number of hydrogen-bond acceptors (Lipinski definition) is 4. The number of rotatable bonds is 4. The average molecular weight is 216 g/mol. The van der Waals surface area contributed by atoms with Crippen molar-refractivity contribution in [2.24, 2.45) is 5.92 Å². The van der Waals surface area contributed by atoms with E-state index in [9.17, 15) is 19.1 Å². The van der Waals surface area contributed by atoms with Gasteiger partial charge in [0.2, 0.25) is 0 Å². The Bertz CT molecular complexity index is 294. The highest BCUT2D eigenvalue weighted by atomic mass is 31.2. The minimum atomic E-state index is -4.71. The van der Waals surface area contributed by atoms with Gasteiger partial charge in [0.15, 0.2) is 0 Å². The summed E-state index contributed by atoms with van der Waals surface area (Å²) in [5, 5.41) is 0. The van der Waals surface area contributed by atoms with Crippen molar-refractivity contribution in [3.05, 3.63) is 0 Å². The second-order valence-corrected chi connectivity index (χ2v) is 4.59. The van der Waals surface area contributed by atoms with Gasteiger partial charge >= 0.3 is 0 Å². The molecule has 5 heteroatoms. The van der Waals surface area contributed by atoms with E-state index in [1.807, 2.05) is 6.92 Å². The molecular weight excluding hydrogens is 203 g/mol. The highest BCUT2D eigenvalue weighted by Crippen LogP contribution is 2.24. The predicted octanol–water partition coefficient (Wildman–Crippen LogP) is -0.0912. The maximum absolute atomic E-state index is 11.1. The van der Waals surface area contributed by atoms with Gasteiger partial charge in [-0.3, -0.25) is 4.79 Å². The Labute approximate surface area is 83.9 Å². The third kappa shape index (κ3) is 6.85. The first-order chi connectivity index (χ1) is 6.37. The molecule has 0 saturated heterocycles. The van der Waals surface area contributed by atoms with E-state index in [-0.39, 0.29) is 0 Å². The topological polar surface area (TPSA) is 80.3 Å². The van der Waals surface area contributed by atoms with Gasteiger partial charge in [0, 0.05) is 24.9 Å². The first kappa shape index (κ1) is 13.4. The lowest BCUT2D eigenvalue weighted by atomic mass is 10.0. The second kappa shape index (κ2) is 5.98. The van der Waals surface area contributed by atoms with E-state index in [1.54, 1.807) is 6.92 Å². The van der Waals surface area contributed by atoms with Crippen LogP contribution in [0.25, 0.3) is 0 Å². The fraction of sp³-hybridized carbons (Fsp3) is 0.667. The van der Waals surface area contributed by atoms with E-state index in [4.69, 9.17) is 0 Å². The molecule has 0 N–H and O–H groups in total. The number of Topliss-reactive ketones (excluding diaryl/α,β-unsaturated/α-hetero) is 1. The largest absolute Gasteiger partial charge is 0.810 e. The number of ketones is 1. The van der Waals surface area contributed by atoms with E-state index < -0.39 is 25.5 Å². The van der Waals surface area contributed by atoms with Crippen LogP contribution < -0.4 is 9.79 Å². The van der Waals surface area contributed by atoms with Gasteiger partial charge in [0.25, 0.3) is 0 Å². The zero-order chi connectivity index (χ0) is 11.2. The van der Waals surface area contributed by atoms with Crippen LogP contribution in [0.3, 0.4) is 0 Å². The summed E-state index contributed by atoms with van der Waals surface area (Å²) in [4.78, 5) is 31.7. The van der Waals surface area contributed by atoms with Crippen molar-refractivity contribution in [3.8, 4) is 11.8 Å². The molecule has 0 aromatic heterocycles. The number of carbonyl (C=O) groups excluding carboxylic acids is 1. The Kier molecular flexibility index (Phi) is 5.71. The van der Waals surface area contributed by atoms with Crippen LogP contribution in [0.15, 0.2) is 0 Å². The molecule has 0 heterocycles. The van der Waals surface area contributed by atoms with Crippen molar-refractivity contribution in [2.45, 2.75) is 26.7 Å². The summed E-state index contributed by atoms with van der Waals surface area (Å²) >= 11 is 0. The lowest BCUT2D eigenvalue weighted by molar-refractivity contribution is -0.312. The summed E-state index contributed by atoms with van der Waals surface area (Å²) in [5.41, 5.74) is 0. The summed E-state index contributed by atoms with van der Waals surface area (Å²) in [6, 6.07) is 0. The first-order valence-corrected chi connectivity index (χ1v) is 6.09. The molecule has 0 aromatic rings. The maximum Gasteiger partial charge on any atom is 0.141 e. The molecule has 14 heavy (non-hydrogen) atoms. The highest BCUT2D eigenvalue weighted by Gasteiger charge is 2.12. The van der Waals surface area contributed by atoms with Crippen LogP contribution in [0.5, 0.6) is 0 Å². The van der Waals surface area contributed by atoms with Crippen LogP contribution in [0.1, 0.15) is 26.7 Å². The lowest BCUT2D eigenvalue weighted by Gasteiger charge is -2.29. The van der Waals surface area contributed by atoms with Gasteiger partial charge < -0.3 is 14.4 Å². The average Bonchev–Trinajstić information content (AvgIpc) is 2.01. The first-order valence-electron chi connectivity index (χ1n) is 4.36. The molecule has 0 aliphatic rings. The molecule has 0 aromatic carbocycles. The van der Waals surface area contributed by atoms with Crippen molar-refractivity contribution in [2.75, 3.05) is 6.16 Å². The SMILES string of the molecule is CCC#CCC(C)C(=O)CP(=O)([O-])[O-]. The molecule has 1 atom stereocenters. The zero-order valence-corrected chi connectivity index (χ0v) is 9.17. The fourth-order valence-corrected chi connectivity index (χ4v) is 1.50. The Balaban J connectivity index is 4.07. The van der Waals surface area contributed by atoms with Gasteiger partial charge in [0.05, 0.1) is 0 Å². The van der Waals surface area contributed by atoms with E-state index in [2.05, 4.69) is 11.8 Å². The summed E-state index contributed by atoms with van der Waals surface area (Å²) in [6.45, 7) is 3.45. The van der Waals surface area contributed by atoms with Crippen molar-refractivity contribution in [3.63, 3.8) is 0 Å². The fourth-order valence-electron chi connectivity index (χ4n) is 0.811. The molecule has 0 radical (unpaired) electrons. The van der Waals surface area contributed by atoms with E-state index >= 15 is 0 Å². The molecule has 0 spiro atoms. The van der Waals surface area contributed by atoms with Gasteiger partial charge in [-0.25, -0.2) is 0 Å². The van der Waals surface area contributed by atoms with Gasteiger partial charge in [-0.2, -0.15) is 0 Å². The Morgan fingerprint density at radius 2 is 2.00 bits per heavy atom. The standard InChI is InChI=1S/C9H15O4P/c1-3-4-5-6-8(2)9(10)7-14(11,12)13/h8H,3,6-7H2,1-2H3,(H2,11,12,13)/p-2. The lowest BCUT2D eigenvalue weighted by Crippen LogP contribution is -2.25. The van der Waals surface area contributed by atoms with E-state index in [0.717, 1.165) is 0 Å². The monoisotopic (exact) mass is 216 g/mol. The van der Waals surface area contributed by atoms with Gasteiger partial charge in [-0.05, 0) is 0 Å². The molecule has 80 valence electrons. The van der Waals surface area contributed by atoms with Crippen LogP contribution >= 0.6 is 7.60 Å². The predicted molar refractivity (Wildman–Crippen MR) is 49.3 cm³/mol.